The third-order valence-electron chi connectivity index (χ3n) is 4.92. The van der Waals surface area contributed by atoms with Crippen LogP contribution < -0.4 is 34.9 Å². The maximum Gasteiger partial charge on any atom is 0.319 e. The Bertz CT molecular complexity index is 1030. The predicted octanol–water partition coefficient (Wildman–Crippen LogP) is 2.99. The minimum atomic E-state index is -0.768. The first-order valence-electron chi connectivity index (χ1n) is 9.45. The van der Waals surface area contributed by atoms with Crippen molar-refractivity contribution >= 4 is 17.6 Å². The third kappa shape index (κ3) is 4.50. The van der Waals surface area contributed by atoms with Crippen molar-refractivity contribution < 1.29 is 28.5 Å². The van der Waals surface area contributed by atoms with Gasteiger partial charge in [-0.3, -0.25) is 4.79 Å². The van der Waals surface area contributed by atoms with E-state index in [-0.39, 0.29) is 0 Å². The fourth-order valence-corrected chi connectivity index (χ4v) is 3.39. The highest BCUT2D eigenvalue weighted by atomic mass is 16.5. The smallest absolute Gasteiger partial charge is 0.319 e. The van der Waals surface area contributed by atoms with E-state index in [0.29, 0.717) is 45.5 Å². The lowest BCUT2D eigenvalue weighted by Crippen LogP contribution is -2.46. The number of carbonyl (C=O) groups excluding carboxylic acids is 2. The van der Waals surface area contributed by atoms with Crippen LogP contribution in [0.2, 0.25) is 0 Å². The maximum atomic E-state index is 13.4. The van der Waals surface area contributed by atoms with Gasteiger partial charge in [0.1, 0.15) is 23.0 Å². The molecule has 0 unspecified atom stereocenters. The summed E-state index contributed by atoms with van der Waals surface area (Å²) in [6, 6.07) is 9.06. The summed E-state index contributed by atoms with van der Waals surface area (Å²) in [5, 5.41) is 8.30. The van der Waals surface area contributed by atoms with Crippen LogP contribution in [0.1, 0.15) is 18.5 Å². The highest BCUT2D eigenvalue weighted by Crippen LogP contribution is 2.37. The van der Waals surface area contributed by atoms with Crippen LogP contribution in [0.4, 0.5) is 10.5 Å². The summed E-state index contributed by atoms with van der Waals surface area (Å²) in [5.74, 6) is 1.67. The van der Waals surface area contributed by atoms with Gasteiger partial charge in [0, 0.05) is 17.3 Å². The predicted molar refractivity (Wildman–Crippen MR) is 115 cm³/mol. The number of allylic oxidation sites excluding steroid dienone is 1. The molecule has 0 fully saturated rings. The van der Waals surface area contributed by atoms with E-state index in [0.717, 1.165) is 0 Å². The average Bonchev–Trinajstić information content (AvgIpc) is 2.77. The summed E-state index contributed by atoms with van der Waals surface area (Å²) >= 11 is 0. The van der Waals surface area contributed by atoms with Crippen LogP contribution in [0.5, 0.6) is 23.0 Å². The van der Waals surface area contributed by atoms with Crippen LogP contribution in [0.3, 0.4) is 0 Å². The summed E-state index contributed by atoms with van der Waals surface area (Å²) in [5.41, 5.74) is 1.74. The number of amides is 3. The molecule has 1 aliphatic rings. The molecule has 9 nitrogen and oxygen atoms in total. The Balaban J connectivity index is 2.04. The first-order chi connectivity index (χ1) is 14.9. The van der Waals surface area contributed by atoms with Gasteiger partial charge in [-0.25, -0.2) is 4.79 Å². The van der Waals surface area contributed by atoms with E-state index >= 15 is 0 Å². The van der Waals surface area contributed by atoms with Gasteiger partial charge in [0.2, 0.25) is 0 Å². The Hall–Kier alpha value is -3.88. The van der Waals surface area contributed by atoms with Gasteiger partial charge in [0.25, 0.3) is 5.91 Å². The standard InChI is InChI=1S/C22H25N3O6/c1-12-19(21(26)24-16-11-14(29-3)7-9-18(16)31-5)20(25-22(27)23-12)15-10-13(28-2)6-8-17(15)30-4/h6-11,20H,1-5H3,(H,24,26)(H2,23,25,27)/t20-/m1/s1. The van der Waals surface area contributed by atoms with Crippen molar-refractivity contribution in [3.8, 4) is 23.0 Å². The first kappa shape index (κ1) is 21.8. The second kappa shape index (κ2) is 9.29. The van der Waals surface area contributed by atoms with Crippen molar-refractivity contribution in [3.63, 3.8) is 0 Å². The molecule has 3 rings (SSSR count). The molecule has 2 aromatic carbocycles. The van der Waals surface area contributed by atoms with E-state index in [4.69, 9.17) is 18.9 Å². The molecule has 0 aliphatic carbocycles. The van der Waals surface area contributed by atoms with Crippen LogP contribution in [-0.4, -0.2) is 40.4 Å². The maximum absolute atomic E-state index is 13.4. The van der Waals surface area contributed by atoms with Crippen LogP contribution in [0, 0.1) is 0 Å². The number of ether oxygens (including phenoxy) is 4. The quantitative estimate of drug-likeness (QED) is 0.627. The zero-order valence-corrected chi connectivity index (χ0v) is 18.0. The molecule has 0 saturated heterocycles. The number of rotatable bonds is 7. The van der Waals surface area contributed by atoms with Gasteiger partial charge >= 0.3 is 6.03 Å². The van der Waals surface area contributed by atoms with E-state index in [1.807, 2.05) is 0 Å². The molecule has 0 radical (unpaired) electrons. The Kier molecular flexibility index (Phi) is 6.54. The Labute approximate surface area is 180 Å². The Morgan fingerprint density at radius 3 is 2.13 bits per heavy atom. The van der Waals surface area contributed by atoms with Gasteiger partial charge in [-0.05, 0) is 37.3 Å². The molecular weight excluding hydrogens is 402 g/mol. The van der Waals surface area contributed by atoms with Crippen LogP contribution in [-0.2, 0) is 4.79 Å². The van der Waals surface area contributed by atoms with E-state index in [1.54, 1.807) is 43.3 Å². The zero-order chi connectivity index (χ0) is 22.5. The fourth-order valence-electron chi connectivity index (χ4n) is 3.39. The normalized spacial score (nSPS) is 15.5. The molecule has 3 N–H and O–H groups in total. The van der Waals surface area contributed by atoms with E-state index < -0.39 is 18.0 Å². The number of urea groups is 1. The first-order valence-corrected chi connectivity index (χ1v) is 9.45. The van der Waals surface area contributed by atoms with Crippen molar-refractivity contribution in [2.24, 2.45) is 0 Å². The van der Waals surface area contributed by atoms with Crippen molar-refractivity contribution in [2.45, 2.75) is 13.0 Å². The van der Waals surface area contributed by atoms with Crippen molar-refractivity contribution in [1.29, 1.82) is 0 Å². The molecule has 1 aliphatic heterocycles. The average molecular weight is 427 g/mol. The molecule has 164 valence electrons. The number of anilines is 1. The van der Waals surface area contributed by atoms with Gasteiger partial charge in [0.05, 0.1) is 45.7 Å². The minimum absolute atomic E-state index is 0.316. The van der Waals surface area contributed by atoms with Gasteiger partial charge in [-0.1, -0.05) is 0 Å². The van der Waals surface area contributed by atoms with Crippen molar-refractivity contribution in [2.75, 3.05) is 33.8 Å². The van der Waals surface area contributed by atoms with Crippen molar-refractivity contribution in [3.05, 3.63) is 53.2 Å². The third-order valence-corrected chi connectivity index (χ3v) is 4.92. The molecule has 0 saturated carbocycles. The minimum Gasteiger partial charge on any atom is -0.497 e. The van der Waals surface area contributed by atoms with E-state index in [1.165, 1.54) is 28.4 Å². The second-order valence-electron chi connectivity index (χ2n) is 6.70. The molecule has 0 spiro atoms. The van der Waals surface area contributed by atoms with Gasteiger partial charge < -0.3 is 34.9 Å². The summed E-state index contributed by atoms with van der Waals surface area (Å²) in [6.45, 7) is 1.66. The summed E-state index contributed by atoms with van der Waals surface area (Å²) < 4.78 is 21.4. The Morgan fingerprint density at radius 2 is 1.52 bits per heavy atom. The number of benzene rings is 2. The number of nitrogens with one attached hydrogen (secondary N) is 3. The Morgan fingerprint density at radius 1 is 0.903 bits per heavy atom. The number of hydrogen-bond acceptors (Lipinski definition) is 6. The largest absolute Gasteiger partial charge is 0.497 e. The molecule has 9 heteroatoms. The number of methoxy groups -OCH3 is 4. The lowest BCUT2D eigenvalue weighted by molar-refractivity contribution is -0.113. The van der Waals surface area contributed by atoms with E-state index in [2.05, 4.69) is 16.0 Å². The molecular formula is C22H25N3O6. The molecule has 0 bridgehead atoms. The van der Waals surface area contributed by atoms with Gasteiger partial charge in [-0.15, -0.1) is 0 Å². The monoisotopic (exact) mass is 427 g/mol. The molecule has 1 atom stereocenters. The zero-order valence-electron chi connectivity index (χ0n) is 18.0. The number of carbonyl (C=O) groups is 2. The molecule has 2 aromatic rings. The van der Waals surface area contributed by atoms with Gasteiger partial charge in [0.15, 0.2) is 0 Å². The van der Waals surface area contributed by atoms with Crippen LogP contribution in [0.15, 0.2) is 47.7 Å². The number of hydrogen-bond donors (Lipinski definition) is 3. The summed E-state index contributed by atoms with van der Waals surface area (Å²) in [4.78, 5) is 25.6. The van der Waals surface area contributed by atoms with Crippen LogP contribution in [0.25, 0.3) is 0 Å². The van der Waals surface area contributed by atoms with Crippen LogP contribution >= 0.6 is 0 Å². The molecule has 31 heavy (non-hydrogen) atoms. The molecule has 0 aromatic heterocycles. The van der Waals surface area contributed by atoms with Gasteiger partial charge in [-0.2, -0.15) is 0 Å². The lowest BCUT2D eigenvalue weighted by atomic mass is 9.93. The topological polar surface area (TPSA) is 107 Å². The van der Waals surface area contributed by atoms with E-state index in [9.17, 15) is 9.59 Å². The highest BCUT2D eigenvalue weighted by molar-refractivity contribution is 6.07. The highest BCUT2D eigenvalue weighted by Gasteiger charge is 2.33. The molecule has 1 heterocycles. The summed E-state index contributed by atoms with van der Waals surface area (Å²) in [7, 11) is 6.10. The van der Waals surface area contributed by atoms with Crippen molar-refractivity contribution in [1.82, 2.24) is 10.6 Å². The lowest BCUT2D eigenvalue weighted by Gasteiger charge is -2.30. The summed E-state index contributed by atoms with van der Waals surface area (Å²) in [6.07, 6.45) is 0. The SMILES string of the molecule is COc1ccc(OC)c(NC(=O)C2=C(C)NC(=O)N[C@@H]2c2cc(OC)ccc2OC)c1. The fraction of sp³-hybridized carbons (Fsp3) is 0.273. The molecule has 3 amide bonds. The second-order valence-corrected chi connectivity index (χ2v) is 6.70.